The first-order chi connectivity index (χ1) is 9.98. The van der Waals surface area contributed by atoms with Crippen LogP contribution in [0.1, 0.15) is 91.8 Å². The molecule has 0 aliphatic heterocycles. The molecule has 1 aliphatic rings. The van der Waals surface area contributed by atoms with Crippen LogP contribution in [0.5, 0.6) is 0 Å². The molecule has 0 saturated heterocycles. The van der Waals surface area contributed by atoms with Crippen LogP contribution in [0.4, 0.5) is 0 Å². The Bertz CT molecular complexity index is 504. The normalized spacial score (nSPS) is 16.0. The minimum atomic E-state index is 0.239. The molecule has 0 bridgehead atoms. The summed E-state index contributed by atoms with van der Waals surface area (Å²) in [5.41, 5.74) is 5.00. The van der Waals surface area contributed by atoms with Gasteiger partial charge in [0.15, 0.2) is 0 Å². The number of fused-ring (bicyclic) bond motifs is 1. The molecule has 1 atom stereocenters. The Morgan fingerprint density at radius 2 is 1.45 bits per heavy atom. The van der Waals surface area contributed by atoms with E-state index in [1.54, 1.807) is 0 Å². The molecule has 0 spiro atoms. The zero-order chi connectivity index (χ0) is 17.6. The molecule has 0 amide bonds. The molecule has 0 heteroatoms. The Balaban J connectivity index is 0.000000540. The lowest BCUT2D eigenvalue weighted by Crippen LogP contribution is -2.13. The number of hydrogen-bond acceptors (Lipinski definition) is 0. The van der Waals surface area contributed by atoms with Crippen molar-refractivity contribution in [3.63, 3.8) is 0 Å². The van der Waals surface area contributed by atoms with Gasteiger partial charge in [0.2, 0.25) is 0 Å². The van der Waals surface area contributed by atoms with Crippen LogP contribution >= 0.6 is 0 Å². The van der Waals surface area contributed by atoms with E-state index in [9.17, 15) is 0 Å². The fraction of sp³-hybridized carbons (Fsp3) is 0.636. The lowest BCUT2D eigenvalue weighted by molar-refractivity contribution is 0.469. The smallest absolute Gasteiger partial charge is 0.0427 e. The average Bonchev–Trinajstić information content (AvgIpc) is 2.38. The van der Waals surface area contributed by atoms with Gasteiger partial charge < -0.3 is 0 Å². The van der Waals surface area contributed by atoms with Crippen LogP contribution in [0.25, 0.3) is 0 Å². The lowest BCUT2D eigenvalue weighted by Gasteiger charge is -2.22. The van der Waals surface area contributed by atoms with Crippen molar-refractivity contribution in [3.05, 3.63) is 34.9 Å². The molecule has 0 heterocycles. The Hall–Kier alpha value is -1.22. The van der Waals surface area contributed by atoms with E-state index in [0.29, 0.717) is 11.3 Å². The molecule has 2 rings (SSSR count). The monoisotopic (exact) mass is 300 g/mol. The van der Waals surface area contributed by atoms with E-state index in [1.165, 1.54) is 16.7 Å². The maximum Gasteiger partial charge on any atom is 0.0427 e. The van der Waals surface area contributed by atoms with Crippen LogP contribution in [-0.4, -0.2) is 0 Å². The van der Waals surface area contributed by atoms with Gasteiger partial charge in [-0.05, 0) is 34.4 Å². The van der Waals surface area contributed by atoms with Crippen molar-refractivity contribution in [2.24, 2.45) is 5.41 Å². The molecule has 1 aliphatic carbocycles. The molecule has 0 saturated carbocycles. The van der Waals surface area contributed by atoms with Crippen LogP contribution in [-0.2, 0) is 11.8 Å². The van der Waals surface area contributed by atoms with Gasteiger partial charge in [-0.1, -0.05) is 92.4 Å². The second-order valence-electron chi connectivity index (χ2n) is 8.38. The molecule has 0 radical (unpaired) electrons. The van der Waals surface area contributed by atoms with E-state index in [0.717, 1.165) is 6.42 Å². The van der Waals surface area contributed by atoms with Crippen molar-refractivity contribution in [3.8, 4) is 11.8 Å². The first-order valence-electron chi connectivity index (χ1n) is 8.60. The van der Waals surface area contributed by atoms with E-state index < -0.39 is 0 Å². The van der Waals surface area contributed by atoms with Crippen LogP contribution in [0.2, 0.25) is 0 Å². The van der Waals surface area contributed by atoms with Crippen molar-refractivity contribution < 1.29 is 0 Å². The zero-order valence-electron chi connectivity index (χ0n) is 16.5. The Morgan fingerprint density at radius 1 is 0.955 bits per heavy atom. The van der Waals surface area contributed by atoms with Crippen molar-refractivity contribution in [2.75, 3.05) is 0 Å². The summed E-state index contributed by atoms with van der Waals surface area (Å²) in [7, 11) is 0. The van der Waals surface area contributed by atoms with Crippen LogP contribution in [0.3, 0.4) is 0 Å². The van der Waals surface area contributed by atoms with Gasteiger partial charge in [-0.25, -0.2) is 0 Å². The summed E-state index contributed by atoms with van der Waals surface area (Å²) in [5, 5.41) is 0. The fourth-order valence-corrected chi connectivity index (χ4v) is 2.02. The maximum absolute atomic E-state index is 3.25. The highest BCUT2D eigenvalue weighted by molar-refractivity contribution is 5.44. The molecule has 1 aromatic carbocycles. The molecule has 22 heavy (non-hydrogen) atoms. The molecule has 0 aromatic heterocycles. The van der Waals surface area contributed by atoms with Gasteiger partial charge in [0.25, 0.3) is 0 Å². The van der Waals surface area contributed by atoms with E-state index in [1.807, 2.05) is 13.8 Å². The average molecular weight is 301 g/mol. The predicted molar refractivity (Wildman–Crippen MR) is 102 cm³/mol. The van der Waals surface area contributed by atoms with E-state index in [2.05, 4.69) is 85.4 Å². The molecule has 0 fully saturated rings. The van der Waals surface area contributed by atoms with E-state index in [4.69, 9.17) is 0 Å². The summed E-state index contributed by atoms with van der Waals surface area (Å²) in [4.78, 5) is 0. The fourth-order valence-electron chi connectivity index (χ4n) is 2.02. The van der Waals surface area contributed by atoms with Crippen molar-refractivity contribution >= 4 is 0 Å². The quantitative estimate of drug-likeness (QED) is 0.466. The number of hydrogen-bond donors (Lipinski definition) is 0. The predicted octanol–water partition coefficient (Wildman–Crippen LogP) is 6.73. The third kappa shape index (κ3) is 7.69. The molecule has 1 unspecified atom stereocenters. The lowest BCUT2D eigenvalue weighted by atomic mass is 9.82. The highest BCUT2D eigenvalue weighted by atomic mass is 14.2. The van der Waals surface area contributed by atoms with Crippen LogP contribution in [0.15, 0.2) is 18.2 Å². The summed E-state index contributed by atoms with van der Waals surface area (Å²) < 4.78 is 0. The van der Waals surface area contributed by atoms with Gasteiger partial charge in [0.1, 0.15) is 0 Å². The topological polar surface area (TPSA) is 0 Å². The summed E-state index contributed by atoms with van der Waals surface area (Å²) in [6, 6.07) is 6.84. The van der Waals surface area contributed by atoms with E-state index in [-0.39, 0.29) is 5.41 Å². The molecular weight excluding hydrogens is 264 g/mol. The van der Waals surface area contributed by atoms with Gasteiger partial charge in [-0.3, -0.25) is 0 Å². The Kier molecular flexibility index (Phi) is 7.96. The molecule has 124 valence electrons. The Labute approximate surface area is 139 Å². The standard InChI is InChI=1S/C15H18.C5H12.C2H6/c1-11-6-5-7-12-10-13(15(2,3)4)8-9-14(11)12;1-5(2,3)4;1-2/h8-11H,7H2,1-4H3;1-4H3;1-2H3. The first kappa shape index (κ1) is 20.8. The number of rotatable bonds is 0. The van der Waals surface area contributed by atoms with Gasteiger partial charge in [-0.15, -0.1) is 0 Å². The highest BCUT2D eigenvalue weighted by Gasteiger charge is 2.17. The van der Waals surface area contributed by atoms with Gasteiger partial charge in [0.05, 0.1) is 0 Å². The van der Waals surface area contributed by atoms with Gasteiger partial charge in [0, 0.05) is 12.3 Å². The summed E-state index contributed by atoms with van der Waals surface area (Å²) >= 11 is 0. The minimum absolute atomic E-state index is 0.239. The van der Waals surface area contributed by atoms with Crippen molar-refractivity contribution in [1.82, 2.24) is 0 Å². The summed E-state index contributed by atoms with van der Waals surface area (Å²) in [6.45, 7) is 21.7. The first-order valence-corrected chi connectivity index (χ1v) is 8.60. The largest absolute Gasteiger partial charge is 0.0979 e. The highest BCUT2D eigenvalue weighted by Crippen LogP contribution is 2.29. The minimum Gasteiger partial charge on any atom is -0.0979 e. The third-order valence-corrected chi connectivity index (χ3v) is 3.07. The van der Waals surface area contributed by atoms with Gasteiger partial charge in [-0.2, -0.15) is 0 Å². The second kappa shape index (κ2) is 8.42. The van der Waals surface area contributed by atoms with Gasteiger partial charge >= 0.3 is 0 Å². The maximum atomic E-state index is 3.25. The SMILES string of the molecule is CC.CC(C)(C)C.CC1C#CCc2cc(C(C)(C)C)ccc21. The van der Waals surface area contributed by atoms with E-state index >= 15 is 0 Å². The summed E-state index contributed by atoms with van der Waals surface area (Å²) in [6.07, 6.45) is 0.920. The third-order valence-electron chi connectivity index (χ3n) is 3.07. The van der Waals surface area contributed by atoms with Crippen LogP contribution < -0.4 is 0 Å². The molecular formula is C22H36. The Morgan fingerprint density at radius 3 is 1.91 bits per heavy atom. The molecule has 1 aromatic rings. The molecule has 0 nitrogen and oxygen atoms in total. The number of benzene rings is 1. The van der Waals surface area contributed by atoms with Crippen molar-refractivity contribution in [2.45, 2.75) is 87.0 Å². The van der Waals surface area contributed by atoms with Crippen molar-refractivity contribution in [1.29, 1.82) is 0 Å². The van der Waals surface area contributed by atoms with Crippen LogP contribution in [0, 0.1) is 17.3 Å². The summed E-state index contributed by atoms with van der Waals surface area (Å²) in [5.74, 6) is 6.87. The molecule has 0 N–H and O–H groups in total. The second-order valence-corrected chi connectivity index (χ2v) is 8.38. The zero-order valence-corrected chi connectivity index (χ0v) is 16.5.